The number of hydrogen-bond acceptors (Lipinski definition) is 3. The van der Waals surface area contributed by atoms with Crippen LogP contribution in [0, 0.1) is 12.1 Å². The van der Waals surface area contributed by atoms with Crippen molar-refractivity contribution in [2.24, 2.45) is 0 Å². The summed E-state index contributed by atoms with van der Waals surface area (Å²) in [5.74, 6) is 0. The second kappa shape index (κ2) is 9.40. The maximum atomic E-state index is 5.79. The molecule has 0 aliphatic rings. The molecule has 0 unspecified atom stereocenters. The molecule has 0 saturated heterocycles. The molecule has 0 saturated carbocycles. The van der Waals surface area contributed by atoms with Crippen LogP contribution in [-0.4, -0.2) is 14.8 Å². The van der Waals surface area contributed by atoms with Crippen LogP contribution in [0.5, 0.6) is 0 Å². The van der Waals surface area contributed by atoms with Gasteiger partial charge in [-0.1, -0.05) is 12.1 Å². The number of pyridine rings is 1. The Morgan fingerprint density at radius 1 is 0.815 bits per heavy atom. The second-order valence-corrected chi connectivity index (χ2v) is 5.78. The SMILES string of the molecule is [Pt+2].[c-]1ccccc1-c1cccc(COCc2ccn(-c3[c-]cccc3)n2)n1. The average molecular weight is 534 g/mol. The van der Waals surface area contributed by atoms with Crippen molar-refractivity contribution >= 4 is 0 Å². The standard InChI is InChI=1S/C22H17N3O.Pt/c1-3-8-18(9-4-1)22-13-7-10-19(23-22)16-26-17-20-14-15-25(24-20)21-11-5-2-6-12-21;/h1-8,10-11,13-15H,16-17H2;/q-2;+2. The van der Waals surface area contributed by atoms with E-state index in [2.05, 4.69) is 22.2 Å². The molecule has 0 aliphatic carbocycles. The molecule has 0 bridgehead atoms. The normalized spacial score (nSPS) is 10.4. The summed E-state index contributed by atoms with van der Waals surface area (Å²) in [5.41, 5.74) is 4.54. The van der Waals surface area contributed by atoms with Crippen LogP contribution < -0.4 is 0 Å². The first-order valence-corrected chi connectivity index (χ1v) is 8.41. The number of ether oxygens (including phenoxy) is 1. The van der Waals surface area contributed by atoms with Crippen molar-refractivity contribution < 1.29 is 25.8 Å². The molecular formula is C22H17N3OPt. The Balaban J connectivity index is 0.00000210. The maximum absolute atomic E-state index is 5.79. The maximum Gasteiger partial charge on any atom is 2.00 e. The Morgan fingerprint density at radius 3 is 2.41 bits per heavy atom. The largest absolute Gasteiger partial charge is 2.00 e. The van der Waals surface area contributed by atoms with Crippen LogP contribution in [0.3, 0.4) is 0 Å². The monoisotopic (exact) mass is 534 g/mol. The molecule has 0 atom stereocenters. The van der Waals surface area contributed by atoms with E-state index in [1.54, 1.807) is 4.68 Å². The van der Waals surface area contributed by atoms with Crippen LogP contribution in [0.15, 0.2) is 79.0 Å². The van der Waals surface area contributed by atoms with Crippen molar-refractivity contribution in [3.05, 3.63) is 103 Å². The van der Waals surface area contributed by atoms with E-state index in [1.165, 1.54) is 0 Å². The molecule has 0 spiro atoms. The molecule has 2 aromatic carbocycles. The van der Waals surface area contributed by atoms with E-state index in [0.29, 0.717) is 13.2 Å². The fourth-order valence-electron chi connectivity index (χ4n) is 2.62. The molecule has 2 aromatic heterocycles. The van der Waals surface area contributed by atoms with Crippen molar-refractivity contribution in [1.82, 2.24) is 14.8 Å². The van der Waals surface area contributed by atoms with E-state index in [9.17, 15) is 0 Å². The van der Waals surface area contributed by atoms with Gasteiger partial charge >= 0.3 is 21.1 Å². The molecule has 2 heterocycles. The summed E-state index contributed by atoms with van der Waals surface area (Å²) in [6.45, 7) is 0.869. The summed E-state index contributed by atoms with van der Waals surface area (Å²) in [6, 6.07) is 29.8. The molecule has 136 valence electrons. The van der Waals surface area contributed by atoms with Gasteiger partial charge in [-0.15, -0.1) is 42.0 Å². The second-order valence-electron chi connectivity index (χ2n) is 5.78. The summed E-state index contributed by atoms with van der Waals surface area (Å²) >= 11 is 0. The van der Waals surface area contributed by atoms with Crippen LogP contribution in [0.1, 0.15) is 11.4 Å². The van der Waals surface area contributed by atoms with Gasteiger partial charge in [0.05, 0.1) is 24.6 Å². The Kier molecular flexibility index (Phi) is 6.69. The minimum absolute atomic E-state index is 0. The third-order valence-corrected chi connectivity index (χ3v) is 3.88. The molecule has 0 amide bonds. The number of benzene rings is 2. The topological polar surface area (TPSA) is 39.9 Å². The fourth-order valence-corrected chi connectivity index (χ4v) is 2.62. The fraction of sp³-hybridized carbons (Fsp3) is 0.0909. The number of para-hydroxylation sites is 1. The van der Waals surface area contributed by atoms with Crippen LogP contribution in [0.4, 0.5) is 0 Å². The smallest absolute Gasteiger partial charge is 0.369 e. The zero-order valence-electron chi connectivity index (χ0n) is 14.5. The van der Waals surface area contributed by atoms with Crippen molar-refractivity contribution in [1.29, 1.82) is 0 Å². The van der Waals surface area contributed by atoms with Gasteiger partial charge in [0, 0.05) is 6.20 Å². The Hall–Kier alpha value is -2.55. The van der Waals surface area contributed by atoms with E-state index >= 15 is 0 Å². The summed E-state index contributed by atoms with van der Waals surface area (Å²) in [7, 11) is 0. The van der Waals surface area contributed by atoms with Gasteiger partial charge in [0.2, 0.25) is 0 Å². The first kappa shape index (κ1) is 19.2. The molecule has 0 N–H and O–H groups in total. The molecule has 5 heteroatoms. The Morgan fingerprint density at radius 2 is 1.63 bits per heavy atom. The van der Waals surface area contributed by atoms with Gasteiger partial charge in [0.15, 0.2) is 0 Å². The van der Waals surface area contributed by atoms with Crippen LogP contribution in [0.2, 0.25) is 0 Å². The predicted octanol–water partition coefficient (Wildman–Crippen LogP) is 4.25. The molecule has 4 nitrogen and oxygen atoms in total. The van der Waals surface area contributed by atoms with E-state index in [-0.39, 0.29) is 21.1 Å². The van der Waals surface area contributed by atoms with Gasteiger partial charge in [-0.05, 0) is 23.5 Å². The summed E-state index contributed by atoms with van der Waals surface area (Å²) in [5, 5.41) is 4.51. The average Bonchev–Trinajstić information content (AvgIpc) is 3.19. The molecular weight excluding hydrogens is 517 g/mol. The van der Waals surface area contributed by atoms with E-state index < -0.39 is 0 Å². The van der Waals surface area contributed by atoms with Crippen LogP contribution >= 0.6 is 0 Å². The summed E-state index contributed by atoms with van der Waals surface area (Å²) in [6.07, 6.45) is 1.91. The first-order valence-electron chi connectivity index (χ1n) is 8.41. The van der Waals surface area contributed by atoms with Crippen molar-refractivity contribution in [3.63, 3.8) is 0 Å². The van der Waals surface area contributed by atoms with Crippen LogP contribution in [0.25, 0.3) is 16.9 Å². The number of hydrogen-bond donors (Lipinski definition) is 0. The molecule has 4 aromatic rings. The number of rotatable bonds is 6. The van der Waals surface area contributed by atoms with Gasteiger partial charge < -0.3 is 4.74 Å². The summed E-state index contributed by atoms with van der Waals surface area (Å²) < 4.78 is 7.58. The predicted molar refractivity (Wildman–Crippen MR) is 99.4 cm³/mol. The van der Waals surface area contributed by atoms with Gasteiger partial charge in [-0.3, -0.25) is 9.67 Å². The van der Waals surface area contributed by atoms with E-state index in [1.807, 2.05) is 79.0 Å². The molecule has 4 rings (SSSR count). The van der Waals surface area contributed by atoms with Crippen molar-refractivity contribution in [3.8, 4) is 16.9 Å². The zero-order chi connectivity index (χ0) is 17.6. The van der Waals surface area contributed by atoms with Gasteiger partial charge in [0.25, 0.3) is 0 Å². The minimum atomic E-state index is 0. The molecule has 0 aliphatic heterocycles. The summed E-state index contributed by atoms with van der Waals surface area (Å²) in [4.78, 5) is 4.64. The quantitative estimate of drug-likeness (QED) is 0.348. The number of aromatic nitrogens is 3. The van der Waals surface area contributed by atoms with Crippen LogP contribution in [-0.2, 0) is 39.0 Å². The Bertz CT molecular complexity index is 971. The van der Waals surface area contributed by atoms with Gasteiger partial charge in [-0.25, -0.2) is 0 Å². The zero-order valence-corrected chi connectivity index (χ0v) is 16.8. The van der Waals surface area contributed by atoms with Crippen molar-refractivity contribution in [2.75, 3.05) is 0 Å². The Labute approximate surface area is 173 Å². The van der Waals surface area contributed by atoms with Crippen molar-refractivity contribution in [2.45, 2.75) is 13.2 Å². The molecule has 27 heavy (non-hydrogen) atoms. The third-order valence-electron chi connectivity index (χ3n) is 3.88. The third kappa shape index (κ3) is 5.00. The number of nitrogens with zero attached hydrogens (tertiary/aromatic N) is 3. The van der Waals surface area contributed by atoms with Gasteiger partial charge in [-0.2, -0.15) is 29.4 Å². The van der Waals surface area contributed by atoms with E-state index in [4.69, 9.17) is 4.74 Å². The first-order chi connectivity index (χ1) is 12.9. The van der Waals surface area contributed by atoms with Gasteiger partial charge in [0.1, 0.15) is 0 Å². The molecule has 0 fully saturated rings. The minimum Gasteiger partial charge on any atom is -0.369 e. The van der Waals surface area contributed by atoms with E-state index in [0.717, 1.165) is 28.3 Å². The molecule has 0 radical (unpaired) electrons.